The highest BCUT2D eigenvalue weighted by molar-refractivity contribution is 7.98. The van der Waals surface area contributed by atoms with E-state index in [1.54, 1.807) is 12.1 Å². The lowest BCUT2D eigenvalue weighted by atomic mass is 10.2. The van der Waals surface area contributed by atoms with E-state index < -0.39 is 22.2 Å². The standard InChI is InChI=1S/C13H18O5S2/c1-10-4-6-11(7-5-10)20(15,16)18-12(8-9-19-3)13(14)17-2/h4-7,12H,8-9H2,1-3H3. The highest BCUT2D eigenvalue weighted by atomic mass is 32.2. The van der Waals surface area contributed by atoms with Crippen LogP contribution in [0.15, 0.2) is 29.2 Å². The molecule has 1 aromatic carbocycles. The Morgan fingerprint density at radius 1 is 1.30 bits per heavy atom. The van der Waals surface area contributed by atoms with Crippen LogP contribution < -0.4 is 0 Å². The first-order chi connectivity index (χ1) is 9.40. The van der Waals surface area contributed by atoms with Crippen molar-refractivity contribution in [2.75, 3.05) is 19.1 Å². The van der Waals surface area contributed by atoms with Crippen LogP contribution in [-0.4, -0.2) is 39.6 Å². The van der Waals surface area contributed by atoms with Crippen molar-refractivity contribution in [3.8, 4) is 0 Å². The minimum Gasteiger partial charge on any atom is -0.467 e. The van der Waals surface area contributed by atoms with E-state index in [4.69, 9.17) is 4.18 Å². The van der Waals surface area contributed by atoms with Crippen LogP contribution in [0.3, 0.4) is 0 Å². The van der Waals surface area contributed by atoms with E-state index in [1.165, 1.54) is 31.0 Å². The van der Waals surface area contributed by atoms with Crippen LogP contribution >= 0.6 is 11.8 Å². The second-order valence-corrected chi connectivity index (χ2v) is 6.71. The Bertz CT molecular complexity index is 536. The van der Waals surface area contributed by atoms with Crippen LogP contribution in [0.2, 0.25) is 0 Å². The van der Waals surface area contributed by atoms with Crippen LogP contribution in [0, 0.1) is 6.92 Å². The summed E-state index contributed by atoms with van der Waals surface area (Å²) in [6.45, 7) is 1.85. The second kappa shape index (κ2) is 7.66. The van der Waals surface area contributed by atoms with E-state index in [1.807, 2.05) is 13.2 Å². The van der Waals surface area contributed by atoms with Crippen LogP contribution in [-0.2, 0) is 23.8 Å². The third-order valence-corrected chi connectivity index (χ3v) is 4.58. The van der Waals surface area contributed by atoms with Crippen molar-refractivity contribution in [3.63, 3.8) is 0 Å². The average molecular weight is 318 g/mol. The molecular formula is C13H18O5S2. The van der Waals surface area contributed by atoms with Gasteiger partial charge in [-0.2, -0.15) is 20.2 Å². The fourth-order valence-electron chi connectivity index (χ4n) is 1.47. The summed E-state index contributed by atoms with van der Waals surface area (Å²) >= 11 is 1.50. The largest absolute Gasteiger partial charge is 0.467 e. The first kappa shape index (κ1) is 17.0. The van der Waals surface area contributed by atoms with Gasteiger partial charge in [-0.15, -0.1) is 0 Å². The summed E-state index contributed by atoms with van der Waals surface area (Å²) in [5.41, 5.74) is 0.941. The minimum atomic E-state index is -3.97. The molecule has 0 aliphatic rings. The highest BCUT2D eigenvalue weighted by Gasteiger charge is 2.27. The number of rotatable bonds is 7. The number of ether oxygens (including phenoxy) is 1. The lowest BCUT2D eigenvalue weighted by Gasteiger charge is -2.15. The molecular weight excluding hydrogens is 300 g/mol. The van der Waals surface area contributed by atoms with Crippen LogP contribution in [0.25, 0.3) is 0 Å². The smallest absolute Gasteiger partial charge is 0.336 e. The summed E-state index contributed by atoms with van der Waals surface area (Å²) in [6, 6.07) is 6.25. The maximum Gasteiger partial charge on any atom is 0.336 e. The first-order valence-electron chi connectivity index (χ1n) is 5.97. The number of benzene rings is 1. The molecule has 0 heterocycles. The number of aryl methyl sites for hydroxylation is 1. The fourth-order valence-corrected chi connectivity index (χ4v) is 2.99. The Labute approximate surface area is 123 Å². The Balaban J connectivity index is 2.90. The zero-order chi connectivity index (χ0) is 15.2. The summed E-state index contributed by atoms with van der Waals surface area (Å²) in [6.07, 6.45) is 1.03. The molecule has 1 aromatic rings. The van der Waals surface area contributed by atoms with Gasteiger partial charge in [0, 0.05) is 0 Å². The van der Waals surface area contributed by atoms with E-state index in [-0.39, 0.29) is 11.3 Å². The Kier molecular flexibility index (Phi) is 6.51. The van der Waals surface area contributed by atoms with Gasteiger partial charge < -0.3 is 4.74 Å². The Hall–Kier alpha value is -1.05. The molecule has 0 bridgehead atoms. The molecule has 20 heavy (non-hydrogen) atoms. The van der Waals surface area contributed by atoms with Gasteiger partial charge in [0.15, 0.2) is 6.10 Å². The molecule has 1 rings (SSSR count). The molecule has 0 aliphatic carbocycles. The predicted octanol–water partition coefficient (Wildman–Crippen LogP) is 2.00. The molecule has 0 saturated carbocycles. The van der Waals surface area contributed by atoms with Crippen LogP contribution in [0.1, 0.15) is 12.0 Å². The quantitative estimate of drug-likeness (QED) is 0.566. The summed E-state index contributed by atoms with van der Waals surface area (Å²) in [4.78, 5) is 11.6. The second-order valence-electron chi connectivity index (χ2n) is 4.16. The number of carbonyl (C=O) groups excluding carboxylic acids is 1. The number of hydrogen-bond acceptors (Lipinski definition) is 6. The lowest BCUT2D eigenvalue weighted by Crippen LogP contribution is -2.29. The van der Waals surface area contributed by atoms with Crippen molar-refractivity contribution in [1.82, 2.24) is 0 Å². The van der Waals surface area contributed by atoms with Gasteiger partial charge in [0.25, 0.3) is 10.1 Å². The SMILES string of the molecule is COC(=O)C(CCSC)OS(=O)(=O)c1ccc(C)cc1. The van der Waals surface area contributed by atoms with Crippen molar-refractivity contribution in [3.05, 3.63) is 29.8 Å². The van der Waals surface area contributed by atoms with E-state index in [0.717, 1.165) is 5.56 Å². The molecule has 1 unspecified atom stereocenters. The zero-order valence-corrected chi connectivity index (χ0v) is 13.3. The molecule has 0 saturated heterocycles. The molecule has 0 aromatic heterocycles. The molecule has 0 radical (unpaired) electrons. The summed E-state index contributed by atoms with van der Waals surface area (Å²) in [5.74, 6) is -0.0850. The summed E-state index contributed by atoms with van der Waals surface area (Å²) < 4.78 is 33.8. The van der Waals surface area contributed by atoms with Gasteiger partial charge in [-0.3, -0.25) is 4.18 Å². The molecule has 0 aliphatic heterocycles. The lowest BCUT2D eigenvalue weighted by molar-refractivity contribution is -0.148. The molecule has 5 nitrogen and oxygen atoms in total. The third kappa shape index (κ3) is 4.81. The monoisotopic (exact) mass is 318 g/mol. The van der Waals surface area contributed by atoms with Gasteiger partial charge in [0.05, 0.1) is 12.0 Å². The molecule has 0 amide bonds. The first-order valence-corrected chi connectivity index (χ1v) is 8.77. The van der Waals surface area contributed by atoms with Crippen LogP contribution in [0.4, 0.5) is 0 Å². The van der Waals surface area contributed by atoms with Crippen molar-refractivity contribution < 1.29 is 22.1 Å². The predicted molar refractivity (Wildman–Crippen MR) is 78.3 cm³/mol. The van der Waals surface area contributed by atoms with Gasteiger partial charge >= 0.3 is 5.97 Å². The van der Waals surface area contributed by atoms with E-state index >= 15 is 0 Å². The van der Waals surface area contributed by atoms with Crippen molar-refractivity contribution in [1.29, 1.82) is 0 Å². The van der Waals surface area contributed by atoms with Gasteiger partial charge in [-0.25, -0.2) is 4.79 Å². The van der Waals surface area contributed by atoms with Gasteiger partial charge in [0.1, 0.15) is 0 Å². The number of methoxy groups -OCH3 is 1. The number of thioether (sulfide) groups is 1. The Morgan fingerprint density at radius 2 is 1.90 bits per heavy atom. The summed E-state index contributed by atoms with van der Waals surface area (Å²) in [5, 5.41) is 0. The van der Waals surface area contributed by atoms with Gasteiger partial charge in [0.2, 0.25) is 0 Å². The molecule has 1 atom stereocenters. The number of carbonyl (C=O) groups is 1. The fraction of sp³-hybridized carbons (Fsp3) is 0.462. The average Bonchev–Trinajstić information content (AvgIpc) is 2.43. The van der Waals surface area contributed by atoms with Crippen LogP contribution in [0.5, 0.6) is 0 Å². The van der Waals surface area contributed by atoms with E-state index in [2.05, 4.69) is 4.74 Å². The molecule has 7 heteroatoms. The zero-order valence-electron chi connectivity index (χ0n) is 11.7. The maximum atomic E-state index is 12.1. The third-order valence-electron chi connectivity index (χ3n) is 2.60. The molecule has 0 N–H and O–H groups in total. The van der Waals surface area contributed by atoms with Crippen molar-refractivity contribution >= 4 is 27.8 Å². The number of esters is 1. The van der Waals surface area contributed by atoms with E-state index in [0.29, 0.717) is 5.75 Å². The van der Waals surface area contributed by atoms with Crippen molar-refractivity contribution in [2.45, 2.75) is 24.3 Å². The van der Waals surface area contributed by atoms with E-state index in [9.17, 15) is 13.2 Å². The molecule has 112 valence electrons. The normalized spacial score (nSPS) is 12.9. The highest BCUT2D eigenvalue weighted by Crippen LogP contribution is 2.18. The minimum absolute atomic E-state index is 0.0288. The molecule has 0 fully saturated rings. The van der Waals surface area contributed by atoms with Gasteiger partial charge in [-0.1, -0.05) is 17.7 Å². The van der Waals surface area contributed by atoms with Gasteiger partial charge in [-0.05, 0) is 37.5 Å². The Morgan fingerprint density at radius 3 is 2.40 bits per heavy atom. The number of hydrogen-bond donors (Lipinski definition) is 0. The summed E-state index contributed by atoms with van der Waals surface area (Å²) in [7, 11) is -2.77. The maximum absolute atomic E-state index is 12.1. The molecule has 0 spiro atoms. The topological polar surface area (TPSA) is 69.7 Å². The van der Waals surface area contributed by atoms with Crippen molar-refractivity contribution in [2.24, 2.45) is 0 Å².